The standard InChI is InChI=1S/C13H23N3S/c1-11-15-13(10-17-11)9-16(2)7-5-12-4-3-6-14-8-12/h10,12,14H,3-9H2,1-2H3. The lowest BCUT2D eigenvalue weighted by Gasteiger charge is -2.25. The zero-order valence-electron chi connectivity index (χ0n) is 10.9. The monoisotopic (exact) mass is 253 g/mol. The van der Waals surface area contributed by atoms with E-state index in [0.717, 1.165) is 12.5 Å². The van der Waals surface area contributed by atoms with Crippen LogP contribution in [0.5, 0.6) is 0 Å². The topological polar surface area (TPSA) is 28.2 Å². The summed E-state index contributed by atoms with van der Waals surface area (Å²) in [6.07, 6.45) is 4.06. The van der Waals surface area contributed by atoms with Crippen molar-refractivity contribution >= 4 is 11.3 Å². The lowest BCUT2D eigenvalue weighted by atomic mass is 9.96. The molecule has 0 aliphatic carbocycles. The molecular formula is C13H23N3S. The minimum absolute atomic E-state index is 0.878. The smallest absolute Gasteiger partial charge is 0.0897 e. The van der Waals surface area contributed by atoms with Gasteiger partial charge in [-0.25, -0.2) is 4.98 Å². The summed E-state index contributed by atoms with van der Waals surface area (Å²) in [5.41, 5.74) is 1.22. The van der Waals surface area contributed by atoms with Crippen LogP contribution >= 0.6 is 11.3 Å². The molecule has 96 valence electrons. The molecule has 1 N–H and O–H groups in total. The minimum Gasteiger partial charge on any atom is -0.316 e. The summed E-state index contributed by atoms with van der Waals surface area (Å²) >= 11 is 1.74. The maximum Gasteiger partial charge on any atom is 0.0897 e. The summed E-state index contributed by atoms with van der Waals surface area (Å²) in [6, 6.07) is 0. The minimum atomic E-state index is 0.878. The SMILES string of the molecule is Cc1nc(CN(C)CCC2CCCNC2)cs1. The molecule has 1 unspecified atom stereocenters. The maximum atomic E-state index is 4.51. The van der Waals surface area contributed by atoms with Crippen LogP contribution in [0, 0.1) is 12.8 Å². The largest absolute Gasteiger partial charge is 0.316 e. The van der Waals surface area contributed by atoms with E-state index in [0.29, 0.717) is 0 Å². The molecule has 0 saturated carbocycles. The number of nitrogens with zero attached hydrogens (tertiary/aromatic N) is 2. The quantitative estimate of drug-likeness (QED) is 0.872. The van der Waals surface area contributed by atoms with Crippen LogP contribution in [0.4, 0.5) is 0 Å². The van der Waals surface area contributed by atoms with E-state index < -0.39 is 0 Å². The van der Waals surface area contributed by atoms with E-state index in [1.165, 1.54) is 49.6 Å². The van der Waals surface area contributed by atoms with Crippen LogP contribution in [0.15, 0.2) is 5.38 Å². The molecule has 0 amide bonds. The average Bonchev–Trinajstić information content (AvgIpc) is 2.73. The van der Waals surface area contributed by atoms with Crippen LogP contribution in [-0.4, -0.2) is 36.6 Å². The fraction of sp³-hybridized carbons (Fsp3) is 0.769. The summed E-state index contributed by atoms with van der Waals surface area (Å²) in [4.78, 5) is 6.90. The Bertz CT molecular complexity index is 331. The van der Waals surface area contributed by atoms with Crippen molar-refractivity contribution in [3.63, 3.8) is 0 Å². The van der Waals surface area contributed by atoms with Crippen LogP contribution in [0.2, 0.25) is 0 Å². The number of aromatic nitrogens is 1. The second kappa shape index (κ2) is 6.47. The van der Waals surface area contributed by atoms with Crippen molar-refractivity contribution in [1.29, 1.82) is 0 Å². The molecule has 1 saturated heterocycles. The fourth-order valence-electron chi connectivity index (χ4n) is 2.41. The van der Waals surface area contributed by atoms with E-state index in [4.69, 9.17) is 0 Å². The Labute approximate surface area is 108 Å². The van der Waals surface area contributed by atoms with Crippen molar-refractivity contribution in [2.45, 2.75) is 32.7 Å². The molecule has 1 aromatic heterocycles. The molecule has 0 bridgehead atoms. The number of hydrogen-bond donors (Lipinski definition) is 1. The Hall–Kier alpha value is -0.450. The molecule has 0 spiro atoms. The first kappa shape index (κ1) is 13.0. The van der Waals surface area contributed by atoms with Gasteiger partial charge in [0.1, 0.15) is 0 Å². The van der Waals surface area contributed by atoms with Gasteiger partial charge in [0.2, 0.25) is 0 Å². The summed E-state index contributed by atoms with van der Waals surface area (Å²) in [5.74, 6) is 0.878. The van der Waals surface area contributed by atoms with Crippen molar-refractivity contribution < 1.29 is 0 Å². The molecule has 0 radical (unpaired) electrons. The summed E-state index contributed by atoms with van der Waals surface area (Å²) in [7, 11) is 2.20. The number of aryl methyl sites for hydroxylation is 1. The highest BCUT2D eigenvalue weighted by atomic mass is 32.1. The van der Waals surface area contributed by atoms with Gasteiger partial charge in [0.25, 0.3) is 0 Å². The lowest BCUT2D eigenvalue weighted by Crippen LogP contribution is -2.32. The molecule has 0 aromatic carbocycles. The molecule has 1 atom stereocenters. The zero-order valence-corrected chi connectivity index (χ0v) is 11.7. The highest BCUT2D eigenvalue weighted by Crippen LogP contribution is 2.15. The normalized spacial score (nSPS) is 21.0. The first-order chi connectivity index (χ1) is 8.24. The van der Waals surface area contributed by atoms with Crippen LogP contribution < -0.4 is 5.32 Å². The van der Waals surface area contributed by atoms with Gasteiger partial charge in [0.05, 0.1) is 10.7 Å². The Morgan fingerprint density at radius 2 is 2.47 bits per heavy atom. The van der Waals surface area contributed by atoms with Crippen molar-refractivity contribution in [3.8, 4) is 0 Å². The van der Waals surface area contributed by atoms with Gasteiger partial charge in [-0.1, -0.05) is 0 Å². The molecule has 1 aromatic rings. The highest BCUT2D eigenvalue weighted by molar-refractivity contribution is 7.09. The van der Waals surface area contributed by atoms with Gasteiger partial charge in [-0.15, -0.1) is 11.3 Å². The second-order valence-electron chi connectivity index (χ2n) is 5.10. The van der Waals surface area contributed by atoms with Crippen LogP contribution in [0.25, 0.3) is 0 Å². The number of nitrogens with one attached hydrogen (secondary N) is 1. The summed E-state index contributed by atoms with van der Waals surface area (Å²) in [5, 5.41) is 6.83. The Balaban J connectivity index is 1.68. The van der Waals surface area contributed by atoms with Gasteiger partial charge in [0, 0.05) is 11.9 Å². The van der Waals surface area contributed by atoms with E-state index in [1.807, 2.05) is 0 Å². The van der Waals surface area contributed by atoms with Crippen LogP contribution in [0.1, 0.15) is 30.0 Å². The van der Waals surface area contributed by atoms with E-state index in [2.05, 4.69) is 34.6 Å². The highest BCUT2D eigenvalue weighted by Gasteiger charge is 2.13. The van der Waals surface area contributed by atoms with Gasteiger partial charge >= 0.3 is 0 Å². The van der Waals surface area contributed by atoms with Crippen molar-refractivity contribution in [3.05, 3.63) is 16.1 Å². The number of rotatable bonds is 5. The van der Waals surface area contributed by atoms with Gasteiger partial charge in [0.15, 0.2) is 0 Å². The fourth-order valence-corrected chi connectivity index (χ4v) is 3.01. The van der Waals surface area contributed by atoms with Crippen LogP contribution in [-0.2, 0) is 6.54 Å². The summed E-state index contributed by atoms with van der Waals surface area (Å²) in [6.45, 7) is 6.67. The number of hydrogen-bond acceptors (Lipinski definition) is 4. The van der Waals surface area contributed by atoms with Gasteiger partial charge in [-0.05, 0) is 58.8 Å². The third-order valence-corrected chi connectivity index (χ3v) is 4.24. The van der Waals surface area contributed by atoms with E-state index >= 15 is 0 Å². The molecule has 17 heavy (non-hydrogen) atoms. The third-order valence-electron chi connectivity index (χ3n) is 3.42. The predicted molar refractivity (Wildman–Crippen MR) is 73.4 cm³/mol. The molecule has 1 fully saturated rings. The number of thiazole rings is 1. The zero-order chi connectivity index (χ0) is 12.1. The number of piperidine rings is 1. The van der Waals surface area contributed by atoms with Crippen LogP contribution in [0.3, 0.4) is 0 Å². The lowest BCUT2D eigenvalue weighted by molar-refractivity contribution is 0.266. The maximum absolute atomic E-state index is 4.51. The molecule has 1 aliphatic heterocycles. The Kier molecular flexibility index (Phi) is 4.95. The molecule has 4 heteroatoms. The van der Waals surface area contributed by atoms with E-state index in [-0.39, 0.29) is 0 Å². The molecule has 2 heterocycles. The average molecular weight is 253 g/mol. The van der Waals surface area contributed by atoms with Crippen molar-refractivity contribution in [1.82, 2.24) is 15.2 Å². The second-order valence-corrected chi connectivity index (χ2v) is 6.16. The summed E-state index contributed by atoms with van der Waals surface area (Å²) < 4.78 is 0. The third kappa shape index (κ3) is 4.37. The molecule has 1 aliphatic rings. The van der Waals surface area contributed by atoms with Gasteiger partial charge in [-0.3, -0.25) is 0 Å². The first-order valence-corrected chi connectivity index (χ1v) is 7.42. The van der Waals surface area contributed by atoms with Crippen molar-refractivity contribution in [2.24, 2.45) is 5.92 Å². The Morgan fingerprint density at radius 3 is 3.12 bits per heavy atom. The molecule has 3 nitrogen and oxygen atoms in total. The van der Waals surface area contributed by atoms with Crippen molar-refractivity contribution in [2.75, 3.05) is 26.7 Å². The molecular weight excluding hydrogens is 230 g/mol. The van der Waals surface area contributed by atoms with E-state index in [1.54, 1.807) is 11.3 Å². The molecule has 2 rings (SSSR count). The Morgan fingerprint density at radius 1 is 1.59 bits per heavy atom. The first-order valence-electron chi connectivity index (χ1n) is 6.54. The predicted octanol–water partition coefficient (Wildman–Crippen LogP) is 2.27. The van der Waals surface area contributed by atoms with Gasteiger partial charge < -0.3 is 10.2 Å². The van der Waals surface area contributed by atoms with E-state index in [9.17, 15) is 0 Å². The van der Waals surface area contributed by atoms with Gasteiger partial charge in [-0.2, -0.15) is 0 Å².